The van der Waals surface area contributed by atoms with Gasteiger partial charge in [-0.25, -0.2) is 0 Å². The molecule has 1 aromatic carbocycles. The molecule has 5 heteroatoms. The largest absolute Gasteiger partial charge is 0.445 e. The van der Waals surface area contributed by atoms with E-state index in [1.54, 1.807) is 6.07 Å². The van der Waals surface area contributed by atoms with E-state index in [0.717, 1.165) is 30.4 Å². The number of hydrogen-bond acceptors (Lipinski definition) is 5. The van der Waals surface area contributed by atoms with Crippen molar-refractivity contribution >= 4 is 11.9 Å². The summed E-state index contributed by atoms with van der Waals surface area (Å²) < 4.78 is 11.0. The first-order valence-corrected chi connectivity index (χ1v) is 10.4. The van der Waals surface area contributed by atoms with Gasteiger partial charge in [0, 0.05) is 19.3 Å². The molecule has 0 unspecified atom stereocenters. The van der Waals surface area contributed by atoms with Crippen LogP contribution < -0.4 is 4.74 Å². The van der Waals surface area contributed by atoms with Crippen LogP contribution in [0.5, 0.6) is 5.75 Å². The third kappa shape index (κ3) is 2.97. The van der Waals surface area contributed by atoms with E-state index in [1.165, 1.54) is 13.8 Å². The zero-order valence-electron chi connectivity index (χ0n) is 17.2. The minimum Gasteiger partial charge on any atom is -0.445 e. The summed E-state index contributed by atoms with van der Waals surface area (Å²) in [7, 11) is 0. The number of fused-ring (bicyclic) bond motifs is 5. The molecule has 5 nitrogen and oxygen atoms in total. The first-order chi connectivity index (χ1) is 13.7. The van der Waals surface area contributed by atoms with Crippen LogP contribution in [0, 0.1) is 29.6 Å². The fraction of sp³-hybridized carbons (Fsp3) is 0.583. The molecule has 0 bridgehead atoms. The van der Waals surface area contributed by atoms with Crippen molar-refractivity contribution in [2.24, 2.45) is 17.3 Å². The maximum Gasteiger partial charge on any atom is 0.308 e. The van der Waals surface area contributed by atoms with Gasteiger partial charge in [0.25, 0.3) is 0 Å². The van der Waals surface area contributed by atoms with E-state index < -0.39 is 11.7 Å². The molecule has 1 N–H and O–H groups in total. The number of esters is 2. The van der Waals surface area contributed by atoms with Gasteiger partial charge in [0.2, 0.25) is 0 Å². The number of carbonyl (C=O) groups is 2. The maximum absolute atomic E-state index is 11.8. The third-order valence-electron chi connectivity index (χ3n) is 7.68. The summed E-state index contributed by atoms with van der Waals surface area (Å²) in [6, 6.07) is 5.60. The Morgan fingerprint density at radius 1 is 1.17 bits per heavy atom. The molecule has 0 aliphatic heterocycles. The molecule has 1 aromatic rings. The van der Waals surface area contributed by atoms with Crippen LogP contribution in [0.15, 0.2) is 18.2 Å². The summed E-state index contributed by atoms with van der Waals surface area (Å²) >= 11 is 0. The van der Waals surface area contributed by atoms with E-state index in [9.17, 15) is 14.7 Å². The molecule has 0 heterocycles. The molecule has 29 heavy (non-hydrogen) atoms. The molecular formula is C24H28O5. The van der Waals surface area contributed by atoms with Crippen molar-refractivity contribution in [1.29, 1.82) is 0 Å². The van der Waals surface area contributed by atoms with E-state index >= 15 is 0 Å². The molecule has 3 aliphatic rings. The molecule has 0 spiro atoms. The van der Waals surface area contributed by atoms with E-state index in [2.05, 4.69) is 12.8 Å². The number of aliphatic hydroxyl groups is 1. The van der Waals surface area contributed by atoms with Crippen molar-refractivity contribution in [2.45, 2.75) is 70.5 Å². The highest BCUT2D eigenvalue weighted by atomic mass is 16.6. The number of aliphatic hydroxyl groups excluding tert-OH is 1. The fourth-order valence-electron chi connectivity index (χ4n) is 6.47. The molecule has 0 amide bonds. The Morgan fingerprint density at radius 2 is 1.93 bits per heavy atom. The van der Waals surface area contributed by atoms with Crippen LogP contribution in [0.4, 0.5) is 0 Å². The zero-order chi connectivity index (χ0) is 21.0. The molecule has 0 aromatic heterocycles. The Kier molecular flexibility index (Phi) is 4.74. The number of hydrogen-bond donors (Lipinski definition) is 1. The Hall–Kier alpha value is -2.32. The topological polar surface area (TPSA) is 72.8 Å². The Balaban J connectivity index is 1.68. The van der Waals surface area contributed by atoms with Crippen LogP contribution in [0.1, 0.15) is 76.0 Å². The van der Waals surface area contributed by atoms with Crippen molar-refractivity contribution in [2.75, 3.05) is 0 Å². The molecule has 6 atom stereocenters. The quantitative estimate of drug-likeness (QED) is 0.466. The van der Waals surface area contributed by atoms with Gasteiger partial charge in [-0.1, -0.05) is 18.9 Å². The predicted octanol–water partition coefficient (Wildman–Crippen LogP) is 3.89. The maximum atomic E-state index is 11.8. The van der Waals surface area contributed by atoms with Gasteiger partial charge in [0.1, 0.15) is 5.75 Å². The van der Waals surface area contributed by atoms with Gasteiger partial charge in [0.15, 0.2) is 5.60 Å². The van der Waals surface area contributed by atoms with Crippen molar-refractivity contribution in [3.05, 3.63) is 29.3 Å². The third-order valence-corrected chi connectivity index (χ3v) is 7.68. The summed E-state index contributed by atoms with van der Waals surface area (Å²) in [4.78, 5) is 23.1. The van der Waals surface area contributed by atoms with Crippen LogP contribution in [-0.4, -0.2) is 22.6 Å². The second kappa shape index (κ2) is 6.88. The fourth-order valence-corrected chi connectivity index (χ4v) is 6.47. The summed E-state index contributed by atoms with van der Waals surface area (Å²) in [6.45, 7) is 4.95. The number of carbonyl (C=O) groups excluding carboxylic acids is 2. The van der Waals surface area contributed by atoms with Crippen LogP contribution in [0.2, 0.25) is 0 Å². The molecular weight excluding hydrogens is 368 g/mol. The van der Waals surface area contributed by atoms with Crippen LogP contribution >= 0.6 is 0 Å². The first kappa shape index (κ1) is 20.0. The Labute approximate surface area is 171 Å². The van der Waals surface area contributed by atoms with E-state index in [1.807, 2.05) is 12.1 Å². The molecule has 0 radical (unpaired) electrons. The average molecular weight is 396 g/mol. The summed E-state index contributed by atoms with van der Waals surface area (Å²) in [5.74, 6) is 3.50. The second-order valence-electron chi connectivity index (χ2n) is 9.07. The number of benzene rings is 1. The first-order valence-electron chi connectivity index (χ1n) is 10.4. The van der Waals surface area contributed by atoms with Crippen molar-refractivity contribution < 1.29 is 24.2 Å². The lowest BCUT2D eigenvalue weighted by molar-refractivity contribution is -0.166. The molecule has 3 aliphatic carbocycles. The standard InChI is InChI=1S/C24H28O5/c1-5-24(29-15(3)26)11-9-21-19-13-22(27)20-12-16(28-14(2)25)6-7-17(20)18(19)8-10-23(21,24)4/h1,6-7,12,18-19,21-22,27H,8-11,13H2,2-4H3/t18-,19-,21+,22-,23+,24+/m1/s1. The van der Waals surface area contributed by atoms with Crippen molar-refractivity contribution in [3.8, 4) is 18.1 Å². The van der Waals surface area contributed by atoms with E-state index in [-0.39, 0.29) is 29.2 Å². The van der Waals surface area contributed by atoms with Gasteiger partial charge in [-0.15, -0.1) is 6.42 Å². The highest BCUT2D eigenvalue weighted by molar-refractivity contribution is 5.69. The van der Waals surface area contributed by atoms with E-state index in [0.29, 0.717) is 24.5 Å². The lowest BCUT2D eigenvalue weighted by Gasteiger charge is -2.53. The van der Waals surface area contributed by atoms with Gasteiger partial charge in [-0.05, 0) is 73.1 Å². The zero-order valence-corrected chi connectivity index (χ0v) is 17.2. The average Bonchev–Trinajstić information content (AvgIpc) is 2.94. The SMILES string of the molecule is C#C[C@]1(OC(C)=O)CC[C@H]2[C@@H]3C[C@@H](O)c4cc(OC(C)=O)ccc4[C@H]3CC[C@@]21C. The molecule has 0 saturated heterocycles. The van der Waals surface area contributed by atoms with Gasteiger partial charge in [-0.2, -0.15) is 0 Å². The smallest absolute Gasteiger partial charge is 0.308 e. The lowest BCUT2D eigenvalue weighted by atomic mass is 9.53. The second-order valence-corrected chi connectivity index (χ2v) is 9.07. The Bertz CT molecular complexity index is 899. The predicted molar refractivity (Wildman–Crippen MR) is 107 cm³/mol. The van der Waals surface area contributed by atoms with Gasteiger partial charge in [-0.3, -0.25) is 9.59 Å². The monoisotopic (exact) mass is 396 g/mol. The molecule has 2 saturated carbocycles. The van der Waals surface area contributed by atoms with Gasteiger partial charge < -0.3 is 14.6 Å². The van der Waals surface area contributed by atoms with Crippen molar-refractivity contribution in [3.63, 3.8) is 0 Å². The number of rotatable bonds is 2. The lowest BCUT2D eigenvalue weighted by Crippen LogP contribution is -2.52. The van der Waals surface area contributed by atoms with Gasteiger partial charge >= 0.3 is 11.9 Å². The van der Waals surface area contributed by atoms with Crippen LogP contribution in [0.3, 0.4) is 0 Å². The molecule has 2 fully saturated rings. The molecule has 4 rings (SSSR count). The minimum absolute atomic E-state index is 0.279. The minimum atomic E-state index is -0.862. The van der Waals surface area contributed by atoms with Gasteiger partial charge in [0.05, 0.1) is 6.10 Å². The highest BCUT2D eigenvalue weighted by Gasteiger charge is 2.64. The van der Waals surface area contributed by atoms with Crippen LogP contribution in [-0.2, 0) is 14.3 Å². The summed E-state index contributed by atoms with van der Waals surface area (Å²) in [6.07, 6.45) is 9.31. The Morgan fingerprint density at radius 3 is 2.59 bits per heavy atom. The summed E-state index contributed by atoms with van der Waals surface area (Å²) in [5, 5.41) is 10.9. The van der Waals surface area contributed by atoms with Crippen LogP contribution in [0.25, 0.3) is 0 Å². The molecule has 154 valence electrons. The van der Waals surface area contributed by atoms with E-state index in [4.69, 9.17) is 15.9 Å². The normalized spacial score (nSPS) is 37.5. The summed E-state index contributed by atoms with van der Waals surface area (Å²) in [5.41, 5.74) is 0.842. The number of terminal acetylenes is 1. The number of ether oxygens (including phenoxy) is 2. The van der Waals surface area contributed by atoms with Crippen molar-refractivity contribution in [1.82, 2.24) is 0 Å². The highest BCUT2D eigenvalue weighted by Crippen LogP contribution is 2.66.